The number of nitrogens with two attached hydrogens (primary N) is 3. The molecule has 0 amide bonds. The summed E-state index contributed by atoms with van der Waals surface area (Å²) < 4.78 is 97.6. The number of anilines is 3. The smallest absolute Gasteiger partial charge is 0.490 e. The summed E-state index contributed by atoms with van der Waals surface area (Å²) in [5.74, 6) is -1.40. The Morgan fingerprint density at radius 2 is 1.37 bits per heavy atom. The molecule has 16 atom stereocenters. The van der Waals surface area contributed by atoms with Gasteiger partial charge in [-0.3, -0.25) is 42.3 Å². The highest BCUT2D eigenvalue weighted by Crippen LogP contribution is 2.68. The Hall–Kier alpha value is -4.69. The quantitative estimate of drug-likeness (QED) is 0.0260. The first-order valence-corrected chi connectivity index (χ1v) is 29.0. The van der Waals surface area contributed by atoms with Crippen LogP contribution in [-0.4, -0.2) is 159 Å². The Balaban J connectivity index is 0.866. The predicted molar refractivity (Wildman–Crippen MR) is 251 cm³/mol. The molecule has 14 N–H and O–H groups in total. The third kappa shape index (κ3) is 11.2. The molecule has 9 rings (SSSR count). The molecule has 416 valence electrons. The number of aryl methyl sites for hydroxylation is 1. The number of ether oxygens (including phenoxy) is 4. The average molecular weight is 1170 g/mol. The van der Waals surface area contributed by atoms with Gasteiger partial charge in [0.15, 0.2) is 41.4 Å². The van der Waals surface area contributed by atoms with E-state index >= 15 is 0 Å². The van der Waals surface area contributed by atoms with Crippen molar-refractivity contribution in [1.29, 1.82) is 0 Å². The van der Waals surface area contributed by atoms with Gasteiger partial charge < -0.3 is 80.1 Å². The number of fused-ring (bicyclic) bond motifs is 3. The molecule has 3 aliphatic heterocycles. The fourth-order valence-electron chi connectivity index (χ4n) is 8.87. The zero-order valence-corrected chi connectivity index (χ0v) is 43.6. The SMILES string of the molecule is CC[C@H]1[C@@H](O)[C@H]([n+]2cn(C)c3c(=O)[nH]c(N)nc32)O[C@@H]1COP(=O)(O)OP(=O)(O)OP(=O)(O)OC[C@H]1O[C@@H](n2cnc3c(N)ncnc32)[C@H](OC)[C@@H]1OP([O-])(=S)OC[C@H]1O[C@@H](n2cnc3c(=O)[nH]c(N)nc32)[C@H](O)[C@@H]1O. The summed E-state index contributed by atoms with van der Waals surface area (Å²) in [5.41, 5.74) is 16.0. The van der Waals surface area contributed by atoms with Gasteiger partial charge in [-0.1, -0.05) is 23.7 Å². The first kappa shape index (κ1) is 56.0. The summed E-state index contributed by atoms with van der Waals surface area (Å²) in [6, 6.07) is 0. The molecule has 0 spiro atoms. The van der Waals surface area contributed by atoms with Gasteiger partial charge in [-0.2, -0.15) is 13.6 Å². The van der Waals surface area contributed by atoms with Crippen molar-refractivity contribution in [3.8, 4) is 0 Å². The van der Waals surface area contributed by atoms with Crippen molar-refractivity contribution >= 4 is 93.2 Å². The number of hydrogen-bond acceptors (Lipinski definition) is 29. The lowest BCUT2D eigenvalue weighted by molar-refractivity contribution is -0.745. The number of phosphoric ester groups is 2. The maximum absolute atomic E-state index is 14.0. The Kier molecular flexibility index (Phi) is 15.6. The van der Waals surface area contributed by atoms with Crippen molar-refractivity contribution in [3.63, 3.8) is 0 Å². The fourth-order valence-corrected chi connectivity index (χ4v) is 13.8. The van der Waals surface area contributed by atoms with Gasteiger partial charge in [-0.25, -0.2) is 38.2 Å². The van der Waals surface area contributed by atoms with Gasteiger partial charge in [0.1, 0.15) is 61.3 Å². The summed E-state index contributed by atoms with van der Waals surface area (Å²) in [5, 5.41) is 33.1. The highest BCUT2D eigenvalue weighted by atomic mass is 32.5. The molecule has 3 saturated heterocycles. The Morgan fingerprint density at radius 1 is 0.763 bits per heavy atom. The van der Waals surface area contributed by atoms with Gasteiger partial charge in [-0.15, -0.1) is 0 Å². The zero-order chi connectivity index (χ0) is 55.0. The number of methoxy groups -OCH3 is 1. The van der Waals surface area contributed by atoms with Crippen LogP contribution in [0.15, 0.2) is 34.9 Å². The Morgan fingerprint density at radius 3 is 2.04 bits per heavy atom. The van der Waals surface area contributed by atoms with Crippen LogP contribution in [0, 0.1) is 5.92 Å². The van der Waals surface area contributed by atoms with Crippen LogP contribution in [-0.2, 0) is 78.2 Å². The zero-order valence-electron chi connectivity index (χ0n) is 39.2. The molecule has 6 aromatic rings. The maximum Gasteiger partial charge on any atom is 0.490 e. The van der Waals surface area contributed by atoms with Gasteiger partial charge in [0.2, 0.25) is 17.7 Å². The molecule has 0 aliphatic carbocycles. The number of aliphatic hydroxyl groups excluding tert-OH is 3. The van der Waals surface area contributed by atoms with Crippen molar-refractivity contribution in [2.75, 3.05) is 44.1 Å². The van der Waals surface area contributed by atoms with Gasteiger partial charge in [0.05, 0.1) is 45.6 Å². The molecule has 6 aromatic heterocycles. The highest BCUT2D eigenvalue weighted by Gasteiger charge is 2.52. The summed E-state index contributed by atoms with van der Waals surface area (Å²) >= 11 is 5.19. The van der Waals surface area contributed by atoms with E-state index in [2.05, 4.69) is 48.5 Å². The standard InChI is InChI=1S/C34H47N15O22P4S/c1-4-12-13(66-30(19(12)50)49-11-46(2)18-27(49)43-34(37)45-29(18)54)5-63-72(55,56)70-74(59,60)71-73(57,58)64-7-15-22(23(62-3)32(68-15)47-9-40-16-24(35)38-8-39-25(16)47)69-75(61,76)65-6-14-20(51)21(52)31(67-14)48-10-41-17-26(48)42-33(36)44-28(17)53/h8-15,19-23,30-32,50-52H,4-7H2,1-3H3,(H11-,35,36,37,38,39,42,43,44,45,53,54,55,56,57,58,59,60,61,76)/t12-,13-,14-,15-,19-,20-,21-,22-,23-,30-,31-,32-,75?/m1/s1. The van der Waals surface area contributed by atoms with Crippen LogP contribution >= 0.6 is 30.2 Å². The summed E-state index contributed by atoms with van der Waals surface area (Å²) in [6.45, 7) is -6.08. The van der Waals surface area contributed by atoms with Gasteiger partial charge >= 0.3 is 29.1 Å². The monoisotopic (exact) mass is 1170 g/mol. The molecule has 76 heavy (non-hydrogen) atoms. The first-order chi connectivity index (χ1) is 35.7. The number of phosphoric acid groups is 3. The second-order valence-corrected chi connectivity index (χ2v) is 24.4. The van der Waals surface area contributed by atoms with E-state index in [0.29, 0.717) is 0 Å². The van der Waals surface area contributed by atoms with Crippen LogP contribution < -0.4 is 37.8 Å². The number of aromatic amines is 2. The number of aromatic nitrogens is 12. The molecule has 0 saturated carbocycles. The lowest BCUT2D eigenvalue weighted by Gasteiger charge is -2.34. The molecule has 3 aliphatic rings. The minimum Gasteiger partial charge on any atom is -0.780 e. The van der Waals surface area contributed by atoms with Crippen LogP contribution in [0.4, 0.5) is 17.7 Å². The minimum atomic E-state index is -6.13. The third-order valence-electron chi connectivity index (χ3n) is 12.2. The summed E-state index contributed by atoms with van der Waals surface area (Å²) in [4.78, 5) is 99.4. The minimum absolute atomic E-state index is 0.0224. The van der Waals surface area contributed by atoms with E-state index in [9.17, 15) is 58.2 Å². The topological polar surface area (TPSA) is 528 Å². The largest absolute Gasteiger partial charge is 0.780 e. The summed E-state index contributed by atoms with van der Waals surface area (Å²) in [7, 11) is -15.1. The van der Waals surface area contributed by atoms with Gasteiger partial charge in [0.25, 0.3) is 17.1 Å². The van der Waals surface area contributed by atoms with E-state index in [1.54, 1.807) is 6.92 Å². The number of aliphatic hydroxyl groups is 3. The second kappa shape index (κ2) is 21.2. The second-order valence-electron chi connectivity index (χ2n) is 17.0. The van der Waals surface area contributed by atoms with Crippen LogP contribution in [0.2, 0.25) is 0 Å². The molecule has 37 nitrogen and oxygen atoms in total. The summed E-state index contributed by atoms with van der Waals surface area (Å²) in [6.07, 6.45) is -11.5. The van der Waals surface area contributed by atoms with Crippen LogP contribution in [0.1, 0.15) is 32.0 Å². The van der Waals surface area contributed by atoms with Crippen molar-refractivity contribution < 1.29 is 98.8 Å². The van der Waals surface area contributed by atoms with E-state index in [4.69, 9.17) is 66.1 Å². The molecular formula is C34H47N15O22P4S. The Labute approximate surface area is 428 Å². The molecule has 4 unspecified atom stereocenters. The fraction of sp³-hybridized carbons (Fsp3) is 0.559. The lowest BCUT2D eigenvalue weighted by atomic mass is 9.95. The van der Waals surface area contributed by atoms with E-state index in [-0.39, 0.29) is 57.6 Å². The van der Waals surface area contributed by atoms with Crippen molar-refractivity contribution in [2.24, 2.45) is 13.0 Å². The number of imidazole rings is 3. The Bertz CT molecular complexity index is 3490. The maximum atomic E-state index is 14.0. The number of nitrogens with one attached hydrogen (secondary N) is 2. The third-order valence-corrected chi connectivity index (χ3v) is 18.0. The van der Waals surface area contributed by atoms with E-state index in [0.717, 1.165) is 24.3 Å². The molecule has 0 bridgehead atoms. The average Bonchev–Trinajstić information content (AvgIpc) is 4.20. The van der Waals surface area contributed by atoms with Crippen LogP contribution in [0.5, 0.6) is 0 Å². The number of rotatable bonds is 20. The van der Waals surface area contributed by atoms with Gasteiger partial charge in [0, 0.05) is 13.0 Å². The van der Waals surface area contributed by atoms with E-state index in [1.807, 2.05) is 0 Å². The van der Waals surface area contributed by atoms with Crippen LogP contribution in [0.25, 0.3) is 33.5 Å². The number of H-pyrrole nitrogens is 2. The van der Waals surface area contributed by atoms with Crippen molar-refractivity contribution in [2.45, 2.75) is 80.9 Å². The number of nitrogens with zero attached hydrogens (tertiary/aromatic N) is 10. The van der Waals surface area contributed by atoms with Crippen molar-refractivity contribution in [1.82, 2.24) is 53.6 Å². The predicted octanol–water partition coefficient (Wildman–Crippen LogP) is -3.56. The molecule has 3 fully saturated rings. The highest BCUT2D eigenvalue weighted by molar-refractivity contribution is 8.06. The molecule has 0 aromatic carbocycles. The first-order valence-electron chi connectivity index (χ1n) is 22.0. The van der Waals surface area contributed by atoms with Crippen molar-refractivity contribution in [3.05, 3.63) is 46.0 Å². The van der Waals surface area contributed by atoms with Gasteiger partial charge in [-0.05, 0) is 6.42 Å². The number of hydrogen-bond donors (Lipinski definition) is 11. The lowest BCUT2D eigenvalue weighted by Crippen LogP contribution is -2.45. The van der Waals surface area contributed by atoms with Crippen LogP contribution in [0.3, 0.4) is 0 Å². The molecule has 0 radical (unpaired) electrons. The van der Waals surface area contributed by atoms with E-state index < -0.39 is 135 Å². The molecule has 42 heteroatoms. The molecule has 9 heterocycles. The number of nitrogen functional groups attached to an aromatic ring is 3. The molecular weight excluding hydrogens is 1130 g/mol. The van der Waals surface area contributed by atoms with E-state index in [1.165, 1.54) is 33.4 Å². The normalized spacial score (nSPS) is 30.2.